The van der Waals surface area contributed by atoms with Crippen molar-refractivity contribution < 1.29 is 14.7 Å². The number of carbonyl (C=O) groups is 2. The Kier molecular flexibility index (Phi) is 6.01. The van der Waals surface area contributed by atoms with E-state index in [4.69, 9.17) is 10.8 Å². The van der Waals surface area contributed by atoms with Crippen molar-refractivity contribution in [2.45, 2.75) is 32.2 Å². The third-order valence-electron chi connectivity index (χ3n) is 3.00. The molecule has 106 valence electrons. The molecule has 0 aliphatic heterocycles. The van der Waals surface area contributed by atoms with Crippen molar-refractivity contribution in [1.82, 2.24) is 15.3 Å². The van der Waals surface area contributed by atoms with Crippen molar-refractivity contribution in [3.63, 3.8) is 0 Å². The molecule has 0 saturated carbocycles. The third-order valence-corrected chi connectivity index (χ3v) is 3.00. The summed E-state index contributed by atoms with van der Waals surface area (Å²) in [6.45, 7) is 2.37. The van der Waals surface area contributed by atoms with Gasteiger partial charge in [0.15, 0.2) is 0 Å². The number of hydrogen-bond acceptors (Lipinski definition) is 4. The SMILES string of the molecule is CCC(CN)CC(=O)N[C@H](Cc1cnc[nH]1)C(=O)O. The van der Waals surface area contributed by atoms with E-state index in [0.717, 1.165) is 6.42 Å². The van der Waals surface area contributed by atoms with Crippen LogP contribution in [-0.4, -0.2) is 39.5 Å². The number of nitrogens with zero attached hydrogens (tertiary/aromatic N) is 1. The summed E-state index contributed by atoms with van der Waals surface area (Å²) in [6, 6.07) is -0.955. The summed E-state index contributed by atoms with van der Waals surface area (Å²) in [7, 11) is 0. The highest BCUT2D eigenvalue weighted by molar-refractivity contribution is 5.83. The van der Waals surface area contributed by atoms with E-state index in [2.05, 4.69) is 15.3 Å². The number of carboxylic acid groups (broad SMARTS) is 1. The summed E-state index contributed by atoms with van der Waals surface area (Å²) in [5, 5.41) is 11.6. The second kappa shape index (κ2) is 7.52. The molecule has 2 atom stereocenters. The Labute approximate surface area is 111 Å². The number of amides is 1. The van der Waals surface area contributed by atoms with E-state index in [1.807, 2.05) is 6.92 Å². The number of H-pyrrole nitrogens is 1. The van der Waals surface area contributed by atoms with Crippen molar-refractivity contribution in [1.29, 1.82) is 0 Å². The molecule has 0 bridgehead atoms. The molecule has 19 heavy (non-hydrogen) atoms. The molecule has 0 spiro atoms. The first-order chi connectivity index (χ1) is 9.06. The molecular formula is C12H20N4O3. The number of rotatable bonds is 8. The lowest BCUT2D eigenvalue weighted by atomic mass is 10.0. The molecule has 1 rings (SSSR count). The zero-order valence-electron chi connectivity index (χ0n) is 10.9. The molecule has 1 aromatic rings. The lowest BCUT2D eigenvalue weighted by Crippen LogP contribution is -2.43. The van der Waals surface area contributed by atoms with Crippen molar-refractivity contribution in [3.05, 3.63) is 18.2 Å². The highest BCUT2D eigenvalue weighted by atomic mass is 16.4. The standard InChI is InChI=1S/C12H20N4O3/c1-2-8(5-13)3-11(17)16-10(12(18)19)4-9-6-14-7-15-9/h6-8,10H,2-5,13H2,1H3,(H,14,15)(H,16,17)(H,18,19)/t8?,10-/m1/s1. The van der Waals surface area contributed by atoms with Crippen LogP contribution in [0.5, 0.6) is 0 Å². The first kappa shape index (κ1) is 15.2. The maximum atomic E-state index is 11.8. The molecule has 0 saturated heterocycles. The summed E-state index contributed by atoms with van der Waals surface area (Å²) in [6.07, 6.45) is 4.23. The molecule has 7 nitrogen and oxygen atoms in total. The molecule has 1 unspecified atom stereocenters. The van der Waals surface area contributed by atoms with Crippen molar-refractivity contribution in [3.8, 4) is 0 Å². The number of nitrogens with one attached hydrogen (secondary N) is 2. The van der Waals surface area contributed by atoms with E-state index < -0.39 is 12.0 Å². The molecule has 0 aliphatic carbocycles. The van der Waals surface area contributed by atoms with Gasteiger partial charge in [-0.2, -0.15) is 0 Å². The lowest BCUT2D eigenvalue weighted by Gasteiger charge is -2.16. The van der Waals surface area contributed by atoms with Gasteiger partial charge in [0.2, 0.25) is 5.91 Å². The van der Waals surface area contributed by atoms with E-state index in [1.165, 1.54) is 12.5 Å². The Morgan fingerprint density at radius 2 is 2.32 bits per heavy atom. The molecular weight excluding hydrogens is 248 g/mol. The number of hydrogen-bond donors (Lipinski definition) is 4. The van der Waals surface area contributed by atoms with E-state index in [1.54, 1.807) is 0 Å². The molecule has 0 aliphatic rings. The van der Waals surface area contributed by atoms with Gasteiger partial charge in [0.05, 0.1) is 6.33 Å². The van der Waals surface area contributed by atoms with Crippen LogP contribution in [0.3, 0.4) is 0 Å². The first-order valence-electron chi connectivity index (χ1n) is 6.26. The summed E-state index contributed by atoms with van der Waals surface area (Å²) >= 11 is 0. The Hall–Kier alpha value is -1.89. The Bertz CT molecular complexity index is 401. The quantitative estimate of drug-likeness (QED) is 0.524. The Balaban J connectivity index is 2.53. The van der Waals surface area contributed by atoms with Crippen LogP contribution in [0, 0.1) is 5.92 Å². The van der Waals surface area contributed by atoms with Crippen LogP contribution < -0.4 is 11.1 Å². The van der Waals surface area contributed by atoms with Crippen LogP contribution >= 0.6 is 0 Å². The smallest absolute Gasteiger partial charge is 0.326 e. The van der Waals surface area contributed by atoms with Gasteiger partial charge in [-0.05, 0) is 12.5 Å². The van der Waals surface area contributed by atoms with E-state index in [0.29, 0.717) is 12.2 Å². The Morgan fingerprint density at radius 3 is 2.79 bits per heavy atom. The number of carboxylic acids is 1. The molecule has 1 heterocycles. The Morgan fingerprint density at radius 1 is 1.58 bits per heavy atom. The van der Waals surface area contributed by atoms with Gasteiger partial charge >= 0.3 is 5.97 Å². The normalized spacial score (nSPS) is 13.8. The first-order valence-corrected chi connectivity index (χ1v) is 6.26. The predicted octanol–water partition coefficient (Wildman–Crippen LogP) is -0.103. The number of aromatic amines is 1. The summed E-state index contributed by atoms with van der Waals surface area (Å²) < 4.78 is 0. The van der Waals surface area contributed by atoms with Gasteiger partial charge in [0.25, 0.3) is 0 Å². The average molecular weight is 268 g/mol. The van der Waals surface area contributed by atoms with Gasteiger partial charge in [0.1, 0.15) is 6.04 Å². The fraction of sp³-hybridized carbons (Fsp3) is 0.583. The van der Waals surface area contributed by atoms with Crippen molar-refractivity contribution in [2.75, 3.05) is 6.54 Å². The highest BCUT2D eigenvalue weighted by Gasteiger charge is 2.22. The molecule has 1 amide bonds. The monoisotopic (exact) mass is 268 g/mol. The largest absolute Gasteiger partial charge is 0.480 e. The van der Waals surface area contributed by atoms with Crippen LogP contribution in [-0.2, 0) is 16.0 Å². The minimum absolute atomic E-state index is 0.0848. The predicted molar refractivity (Wildman–Crippen MR) is 69.3 cm³/mol. The highest BCUT2D eigenvalue weighted by Crippen LogP contribution is 2.06. The van der Waals surface area contributed by atoms with E-state index in [9.17, 15) is 9.59 Å². The number of carbonyl (C=O) groups excluding carboxylic acids is 1. The van der Waals surface area contributed by atoms with Gasteiger partial charge in [-0.1, -0.05) is 13.3 Å². The average Bonchev–Trinajstić information content (AvgIpc) is 2.87. The van der Waals surface area contributed by atoms with Gasteiger partial charge < -0.3 is 21.1 Å². The van der Waals surface area contributed by atoms with Crippen LogP contribution in [0.1, 0.15) is 25.5 Å². The van der Waals surface area contributed by atoms with Crippen LogP contribution in [0.2, 0.25) is 0 Å². The maximum absolute atomic E-state index is 11.8. The second-order valence-electron chi connectivity index (χ2n) is 4.45. The molecule has 0 fully saturated rings. The number of aromatic nitrogens is 2. The topological polar surface area (TPSA) is 121 Å². The summed E-state index contributed by atoms with van der Waals surface area (Å²) in [5.74, 6) is -1.27. The van der Waals surface area contributed by atoms with Crippen molar-refractivity contribution in [2.24, 2.45) is 11.7 Å². The van der Waals surface area contributed by atoms with Crippen LogP contribution in [0.4, 0.5) is 0 Å². The zero-order valence-corrected chi connectivity index (χ0v) is 10.9. The van der Waals surface area contributed by atoms with Gasteiger partial charge in [0, 0.05) is 24.7 Å². The van der Waals surface area contributed by atoms with Crippen molar-refractivity contribution >= 4 is 11.9 Å². The fourth-order valence-electron chi connectivity index (χ4n) is 1.73. The fourth-order valence-corrected chi connectivity index (χ4v) is 1.73. The second-order valence-corrected chi connectivity index (χ2v) is 4.45. The zero-order chi connectivity index (χ0) is 14.3. The minimum Gasteiger partial charge on any atom is -0.480 e. The lowest BCUT2D eigenvalue weighted by molar-refractivity contribution is -0.141. The van der Waals surface area contributed by atoms with Gasteiger partial charge in [-0.25, -0.2) is 9.78 Å². The molecule has 1 aromatic heterocycles. The van der Waals surface area contributed by atoms with Crippen LogP contribution in [0.25, 0.3) is 0 Å². The summed E-state index contributed by atoms with van der Waals surface area (Å²) in [5.41, 5.74) is 6.19. The minimum atomic E-state index is -1.07. The number of imidazole rings is 1. The van der Waals surface area contributed by atoms with E-state index in [-0.39, 0.29) is 24.7 Å². The number of aliphatic carboxylic acids is 1. The molecule has 0 aromatic carbocycles. The van der Waals surface area contributed by atoms with Gasteiger partial charge in [-0.15, -0.1) is 0 Å². The number of nitrogens with two attached hydrogens (primary N) is 1. The molecule has 7 heteroatoms. The maximum Gasteiger partial charge on any atom is 0.326 e. The summed E-state index contributed by atoms with van der Waals surface area (Å²) in [4.78, 5) is 29.5. The molecule has 5 N–H and O–H groups in total. The third kappa shape index (κ3) is 5.09. The van der Waals surface area contributed by atoms with Crippen LogP contribution in [0.15, 0.2) is 12.5 Å². The molecule has 0 radical (unpaired) electrons. The van der Waals surface area contributed by atoms with Gasteiger partial charge in [-0.3, -0.25) is 4.79 Å². The van der Waals surface area contributed by atoms with E-state index >= 15 is 0 Å².